The van der Waals surface area contributed by atoms with Gasteiger partial charge in [-0.1, -0.05) is 31.0 Å². The minimum absolute atomic E-state index is 0.193. The van der Waals surface area contributed by atoms with Gasteiger partial charge in [0.15, 0.2) is 0 Å². The Labute approximate surface area is 171 Å². The van der Waals surface area contributed by atoms with Crippen molar-refractivity contribution < 1.29 is 9.18 Å². The molecule has 28 heavy (non-hydrogen) atoms. The quantitative estimate of drug-likeness (QED) is 0.655. The number of rotatable bonds is 6. The van der Waals surface area contributed by atoms with Crippen LogP contribution >= 0.6 is 11.9 Å². The van der Waals surface area contributed by atoms with Gasteiger partial charge in [0.1, 0.15) is 11.2 Å². The number of amides is 1. The third-order valence-corrected chi connectivity index (χ3v) is 7.75. The third-order valence-electron chi connectivity index (χ3n) is 6.35. The lowest BCUT2D eigenvalue weighted by atomic mass is 9.82. The lowest BCUT2D eigenvalue weighted by Crippen LogP contribution is -2.46. The van der Waals surface area contributed by atoms with Crippen LogP contribution in [0.15, 0.2) is 29.3 Å². The van der Waals surface area contributed by atoms with E-state index in [1.54, 1.807) is 0 Å². The number of hydrogen-bond donors (Lipinski definition) is 0. The average Bonchev–Trinajstić information content (AvgIpc) is 3.56. The Morgan fingerprint density at radius 2 is 2.07 bits per heavy atom. The fourth-order valence-electron chi connectivity index (χ4n) is 4.38. The molecule has 1 aliphatic carbocycles. The number of aliphatic imine (C=N–C) groups is 1. The Hall–Kier alpha value is -1.40. The van der Waals surface area contributed by atoms with Gasteiger partial charge in [-0.05, 0) is 56.2 Å². The van der Waals surface area contributed by atoms with Crippen LogP contribution in [-0.2, 0) is 4.79 Å². The van der Waals surface area contributed by atoms with Crippen LogP contribution in [0.2, 0.25) is 0 Å². The van der Waals surface area contributed by atoms with Gasteiger partial charge in [-0.3, -0.25) is 9.79 Å². The third kappa shape index (κ3) is 4.43. The molecule has 1 aromatic rings. The van der Waals surface area contributed by atoms with Crippen molar-refractivity contribution in [1.82, 2.24) is 9.21 Å². The Balaban J connectivity index is 1.35. The zero-order valence-electron chi connectivity index (χ0n) is 16.8. The lowest BCUT2D eigenvalue weighted by molar-refractivity contribution is -0.134. The molecule has 1 aromatic carbocycles. The SMILES string of the molecule is CCN(SC1CC2CCN(C(=O)C3CC3)CC2C=N1)[C@@H](C)c1ccc(F)cc1. The molecular weight excluding hydrogens is 373 g/mol. The van der Waals surface area contributed by atoms with E-state index in [9.17, 15) is 9.18 Å². The summed E-state index contributed by atoms with van der Waals surface area (Å²) < 4.78 is 15.6. The Bertz CT molecular complexity index is 721. The van der Waals surface area contributed by atoms with E-state index in [1.165, 1.54) is 12.1 Å². The number of benzene rings is 1. The van der Waals surface area contributed by atoms with Gasteiger partial charge in [0.2, 0.25) is 5.91 Å². The van der Waals surface area contributed by atoms with E-state index >= 15 is 0 Å². The van der Waals surface area contributed by atoms with Crippen LogP contribution in [0.25, 0.3) is 0 Å². The highest BCUT2D eigenvalue weighted by Gasteiger charge is 2.39. The molecule has 0 aromatic heterocycles. The first-order valence-corrected chi connectivity index (χ1v) is 11.4. The number of fused-ring (bicyclic) bond motifs is 1. The molecular formula is C22H30FN3OS. The zero-order chi connectivity index (χ0) is 19.7. The van der Waals surface area contributed by atoms with Gasteiger partial charge in [-0.15, -0.1) is 0 Å². The van der Waals surface area contributed by atoms with E-state index in [4.69, 9.17) is 4.99 Å². The van der Waals surface area contributed by atoms with E-state index in [0.717, 1.165) is 50.9 Å². The van der Waals surface area contributed by atoms with E-state index in [1.807, 2.05) is 24.1 Å². The van der Waals surface area contributed by atoms with Gasteiger partial charge in [0, 0.05) is 43.7 Å². The summed E-state index contributed by atoms with van der Waals surface area (Å²) in [6.45, 7) is 6.99. The maximum absolute atomic E-state index is 13.2. The molecule has 2 aliphatic heterocycles. The van der Waals surface area contributed by atoms with Gasteiger partial charge in [-0.2, -0.15) is 0 Å². The van der Waals surface area contributed by atoms with E-state index in [2.05, 4.69) is 29.3 Å². The second-order valence-corrected chi connectivity index (χ2v) is 9.55. The minimum Gasteiger partial charge on any atom is -0.342 e. The number of carbonyl (C=O) groups is 1. The van der Waals surface area contributed by atoms with Crippen molar-refractivity contribution in [2.75, 3.05) is 19.6 Å². The molecule has 3 unspecified atom stereocenters. The van der Waals surface area contributed by atoms with Crippen LogP contribution < -0.4 is 0 Å². The van der Waals surface area contributed by atoms with Crippen molar-refractivity contribution in [2.45, 2.75) is 50.9 Å². The summed E-state index contributed by atoms with van der Waals surface area (Å²) in [6, 6.07) is 7.02. The van der Waals surface area contributed by atoms with Crippen LogP contribution in [0, 0.1) is 23.6 Å². The fourth-order valence-corrected chi connectivity index (χ4v) is 5.60. The first kappa shape index (κ1) is 19.9. The largest absolute Gasteiger partial charge is 0.342 e. The van der Waals surface area contributed by atoms with E-state index in [-0.39, 0.29) is 17.2 Å². The molecule has 4 nitrogen and oxygen atoms in total. The fraction of sp³-hybridized carbons (Fsp3) is 0.636. The molecule has 0 bridgehead atoms. The molecule has 2 fully saturated rings. The normalized spacial score (nSPS) is 28.3. The Morgan fingerprint density at radius 1 is 1.32 bits per heavy atom. The molecule has 6 heteroatoms. The predicted molar refractivity (Wildman–Crippen MR) is 113 cm³/mol. The first-order valence-electron chi connectivity index (χ1n) is 10.6. The van der Waals surface area contributed by atoms with Gasteiger partial charge in [0.05, 0.1) is 0 Å². The van der Waals surface area contributed by atoms with Gasteiger partial charge in [-0.25, -0.2) is 8.70 Å². The number of carbonyl (C=O) groups excluding carboxylic acids is 1. The second-order valence-electron chi connectivity index (χ2n) is 8.33. The highest BCUT2D eigenvalue weighted by atomic mass is 32.2. The van der Waals surface area contributed by atoms with E-state index in [0.29, 0.717) is 23.7 Å². The van der Waals surface area contributed by atoms with Crippen molar-refractivity contribution in [3.05, 3.63) is 35.6 Å². The monoisotopic (exact) mass is 403 g/mol. The highest BCUT2D eigenvalue weighted by molar-refractivity contribution is 7.97. The zero-order valence-corrected chi connectivity index (χ0v) is 17.6. The standard InChI is InChI=1S/C22H30FN3OS/c1-3-26(15(2)16-6-8-20(23)9-7-16)28-21-12-18-10-11-25(14-19(18)13-24-21)22(27)17-4-5-17/h6-9,13,15,17-19,21H,3-5,10-12,14H2,1-2H3/t15-,18?,19?,21?/m0/s1. The summed E-state index contributed by atoms with van der Waals surface area (Å²) in [6.07, 6.45) is 6.44. The molecule has 0 N–H and O–H groups in total. The topological polar surface area (TPSA) is 35.9 Å². The molecule has 2 heterocycles. The minimum atomic E-state index is -0.193. The van der Waals surface area contributed by atoms with Crippen molar-refractivity contribution in [1.29, 1.82) is 0 Å². The van der Waals surface area contributed by atoms with Crippen molar-refractivity contribution >= 4 is 24.1 Å². The van der Waals surface area contributed by atoms with Crippen LogP contribution in [0.5, 0.6) is 0 Å². The Kier molecular flexibility index (Phi) is 6.07. The van der Waals surface area contributed by atoms with Gasteiger partial charge in [0.25, 0.3) is 0 Å². The molecule has 0 radical (unpaired) electrons. The second kappa shape index (κ2) is 8.54. The summed E-state index contributed by atoms with van der Waals surface area (Å²) in [5, 5.41) is 0.231. The molecule has 0 spiro atoms. The van der Waals surface area contributed by atoms with Crippen molar-refractivity contribution in [3.63, 3.8) is 0 Å². The van der Waals surface area contributed by atoms with Crippen molar-refractivity contribution in [3.8, 4) is 0 Å². The number of halogens is 1. The summed E-state index contributed by atoms with van der Waals surface area (Å²) in [5.74, 6) is 1.53. The molecule has 1 saturated heterocycles. The van der Waals surface area contributed by atoms with Gasteiger partial charge >= 0.3 is 0 Å². The summed E-state index contributed by atoms with van der Waals surface area (Å²) in [7, 11) is 0. The Morgan fingerprint density at radius 3 is 2.75 bits per heavy atom. The van der Waals surface area contributed by atoms with Crippen LogP contribution in [0.3, 0.4) is 0 Å². The molecule has 1 amide bonds. The van der Waals surface area contributed by atoms with E-state index < -0.39 is 0 Å². The van der Waals surface area contributed by atoms with Crippen LogP contribution in [-0.4, -0.2) is 46.3 Å². The molecule has 4 atom stereocenters. The number of piperidine rings is 1. The molecule has 4 rings (SSSR count). The smallest absolute Gasteiger partial charge is 0.225 e. The molecule has 152 valence electrons. The first-order chi connectivity index (χ1) is 13.5. The van der Waals surface area contributed by atoms with Crippen molar-refractivity contribution in [2.24, 2.45) is 22.7 Å². The highest BCUT2D eigenvalue weighted by Crippen LogP contribution is 2.39. The van der Waals surface area contributed by atoms with Crippen LogP contribution in [0.1, 0.15) is 51.1 Å². The number of hydrogen-bond acceptors (Lipinski definition) is 4. The lowest BCUT2D eigenvalue weighted by Gasteiger charge is -2.41. The summed E-state index contributed by atoms with van der Waals surface area (Å²) >= 11 is 1.81. The maximum Gasteiger partial charge on any atom is 0.225 e. The number of likely N-dealkylation sites (tertiary alicyclic amines) is 1. The molecule has 1 saturated carbocycles. The van der Waals surface area contributed by atoms with Crippen LogP contribution in [0.4, 0.5) is 4.39 Å². The summed E-state index contributed by atoms with van der Waals surface area (Å²) in [5.41, 5.74) is 1.13. The number of nitrogens with zero attached hydrogens (tertiary/aromatic N) is 3. The maximum atomic E-state index is 13.2. The predicted octanol–water partition coefficient (Wildman–Crippen LogP) is 4.53. The molecule has 3 aliphatic rings. The summed E-state index contributed by atoms with van der Waals surface area (Å²) in [4.78, 5) is 19.3. The average molecular weight is 404 g/mol. The van der Waals surface area contributed by atoms with Gasteiger partial charge < -0.3 is 4.90 Å².